The summed E-state index contributed by atoms with van der Waals surface area (Å²) in [4.78, 5) is 0. The van der Waals surface area contributed by atoms with E-state index in [-0.39, 0.29) is 0 Å². The average molecular weight is 149 g/mol. The van der Waals surface area contributed by atoms with Crippen molar-refractivity contribution in [2.24, 2.45) is 17.3 Å². The monoisotopic (exact) mass is 149 g/mol. The van der Waals surface area contributed by atoms with E-state index >= 15 is 0 Å². The second-order valence-corrected chi connectivity index (χ2v) is 4.91. The molecule has 61 valence electrons. The van der Waals surface area contributed by atoms with E-state index in [1.165, 1.54) is 25.7 Å². The minimum absolute atomic E-state index is 0.781. The van der Waals surface area contributed by atoms with Gasteiger partial charge in [-0.1, -0.05) is 12.8 Å². The molecule has 0 aliphatic heterocycles. The van der Waals surface area contributed by atoms with Crippen molar-refractivity contribution in [3.63, 3.8) is 0 Å². The molecule has 0 aromatic rings. The normalized spacial score (nSPS) is 54.5. The summed E-state index contributed by atoms with van der Waals surface area (Å²) in [5.41, 5.74) is 0.781. The second-order valence-electron chi connectivity index (χ2n) is 4.91. The highest BCUT2D eigenvalue weighted by atomic mass is 14.6. The lowest BCUT2D eigenvalue weighted by Crippen LogP contribution is -2.22. The summed E-state index contributed by atoms with van der Waals surface area (Å²) in [6, 6.07) is 0. The molecular formula is C11H17. The molecule has 0 saturated heterocycles. The van der Waals surface area contributed by atoms with Crippen LogP contribution in [0.25, 0.3) is 0 Å². The molecule has 0 heteroatoms. The lowest BCUT2D eigenvalue weighted by atomic mass is 9.73. The summed E-state index contributed by atoms with van der Waals surface area (Å²) in [5.74, 6) is 2.25. The van der Waals surface area contributed by atoms with Crippen molar-refractivity contribution in [2.45, 2.75) is 44.9 Å². The zero-order valence-electron chi connectivity index (χ0n) is 7.18. The zero-order valence-corrected chi connectivity index (χ0v) is 7.18. The summed E-state index contributed by atoms with van der Waals surface area (Å²) >= 11 is 0. The van der Waals surface area contributed by atoms with E-state index in [4.69, 9.17) is 0 Å². The molecule has 2 bridgehead atoms. The maximum atomic E-state index is 2.68. The van der Waals surface area contributed by atoms with Gasteiger partial charge in [0.2, 0.25) is 0 Å². The minimum atomic E-state index is 0.781. The fraction of sp³-hybridized carbons (Fsp3) is 0.909. The highest BCUT2D eigenvalue weighted by Crippen LogP contribution is 2.61. The van der Waals surface area contributed by atoms with Crippen molar-refractivity contribution >= 4 is 0 Å². The van der Waals surface area contributed by atoms with Crippen LogP contribution in [0.3, 0.4) is 0 Å². The first-order chi connectivity index (χ1) is 5.39. The largest absolute Gasteiger partial charge is 0.0525 e. The summed E-state index contributed by atoms with van der Waals surface area (Å²) in [6.45, 7) is 0. The van der Waals surface area contributed by atoms with Crippen LogP contribution in [0.1, 0.15) is 44.9 Å². The molecule has 3 aliphatic rings. The fourth-order valence-corrected chi connectivity index (χ4v) is 4.00. The van der Waals surface area contributed by atoms with Crippen LogP contribution in [-0.2, 0) is 0 Å². The van der Waals surface area contributed by atoms with Gasteiger partial charge in [0, 0.05) is 0 Å². The molecule has 3 atom stereocenters. The predicted molar refractivity (Wildman–Crippen MR) is 46.0 cm³/mol. The Kier molecular flexibility index (Phi) is 1.20. The Bertz CT molecular complexity index is 173. The Morgan fingerprint density at radius 3 is 3.27 bits per heavy atom. The molecular weight excluding hydrogens is 132 g/mol. The number of hydrogen-bond donors (Lipinski definition) is 0. The summed E-state index contributed by atoms with van der Waals surface area (Å²) in [7, 11) is 0. The smallest absolute Gasteiger partial charge is 0.0235 e. The van der Waals surface area contributed by atoms with Crippen LogP contribution in [0.4, 0.5) is 0 Å². The van der Waals surface area contributed by atoms with E-state index in [2.05, 4.69) is 6.42 Å². The first kappa shape index (κ1) is 6.51. The van der Waals surface area contributed by atoms with Crippen molar-refractivity contribution in [1.82, 2.24) is 0 Å². The van der Waals surface area contributed by atoms with Gasteiger partial charge in [0.1, 0.15) is 0 Å². The van der Waals surface area contributed by atoms with E-state index < -0.39 is 0 Å². The van der Waals surface area contributed by atoms with Crippen LogP contribution in [0.2, 0.25) is 0 Å². The van der Waals surface area contributed by atoms with E-state index in [0.29, 0.717) is 0 Å². The van der Waals surface area contributed by atoms with Crippen LogP contribution < -0.4 is 0 Å². The predicted octanol–water partition coefficient (Wildman–Crippen LogP) is 3.18. The molecule has 1 spiro atoms. The summed E-state index contributed by atoms with van der Waals surface area (Å²) in [5, 5.41) is 0. The maximum Gasteiger partial charge on any atom is -0.0235 e. The molecule has 0 aromatic heterocycles. The fourth-order valence-electron chi connectivity index (χ4n) is 4.00. The van der Waals surface area contributed by atoms with Gasteiger partial charge in [0.15, 0.2) is 0 Å². The van der Waals surface area contributed by atoms with Gasteiger partial charge >= 0.3 is 0 Å². The van der Waals surface area contributed by atoms with Gasteiger partial charge in [-0.15, -0.1) is 0 Å². The first-order valence-corrected chi connectivity index (χ1v) is 5.23. The van der Waals surface area contributed by atoms with Gasteiger partial charge < -0.3 is 0 Å². The highest BCUT2D eigenvalue weighted by molar-refractivity contribution is 5.10. The number of hydrogen-bond acceptors (Lipinski definition) is 0. The Morgan fingerprint density at radius 2 is 2.27 bits per heavy atom. The van der Waals surface area contributed by atoms with Gasteiger partial charge in [0.25, 0.3) is 0 Å². The zero-order chi connectivity index (χ0) is 7.31. The molecule has 0 N–H and O–H groups in total. The molecule has 11 heavy (non-hydrogen) atoms. The number of fused-ring (bicyclic) bond motifs is 1. The lowest BCUT2D eigenvalue weighted by Gasteiger charge is -2.32. The van der Waals surface area contributed by atoms with Crippen molar-refractivity contribution in [3.05, 3.63) is 6.42 Å². The van der Waals surface area contributed by atoms with E-state index in [0.717, 1.165) is 17.3 Å². The molecule has 1 radical (unpaired) electrons. The lowest BCUT2D eigenvalue weighted by molar-refractivity contribution is 0.229. The topological polar surface area (TPSA) is 0 Å². The Balaban J connectivity index is 1.94. The van der Waals surface area contributed by atoms with Crippen LogP contribution in [0.5, 0.6) is 0 Å². The van der Waals surface area contributed by atoms with Gasteiger partial charge in [-0.25, -0.2) is 0 Å². The van der Waals surface area contributed by atoms with Crippen molar-refractivity contribution < 1.29 is 0 Å². The molecule has 0 nitrogen and oxygen atoms in total. The van der Waals surface area contributed by atoms with Crippen LogP contribution >= 0.6 is 0 Å². The van der Waals surface area contributed by atoms with Crippen LogP contribution in [0.15, 0.2) is 0 Å². The van der Waals surface area contributed by atoms with Gasteiger partial charge in [-0.2, -0.15) is 0 Å². The molecule has 3 unspecified atom stereocenters. The standard InChI is InChI=1S/C11H17/c1-3-9-7-10-4-2-6-11(10,5-1)8-9/h6,9-10H,1-5,7-8H2. The third-order valence-electron chi connectivity index (χ3n) is 4.42. The molecule has 0 heterocycles. The molecule has 3 aliphatic carbocycles. The third-order valence-corrected chi connectivity index (χ3v) is 4.42. The average Bonchev–Trinajstić information content (AvgIpc) is 2.43. The van der Waals surface area contributed by atoms with E-state index in [9.17, 15) is 0 Å². The molecule has 0 amide bonds. The van der Waals surface area contributed by atoms with Crippen molar-refractivity contribution in [3.8, 4) is 0 Å². The second kappa shape index (κ2) is 2.02. The molecule has 3 saturated carbocycles. The van der Waals surface area contributed by atoms with Gasteiger partial charge in [0.05, 0.1) is 0 Å². The summed E-state index contributed by atoms with van der Waals surface area (Å²) < 4.78 is 0. The van der Waals surface area contributed by atoms with Crippen molar-refractivity contribution in [2.75, 3.05) is 0 Å². The SMILES string of the molecule is [CH]1CCC2CC3CCCC12C3. The summed E-state index contributed by atoms with van der Waals surface area (Å²) in [6.07, 6.45) is 13.4. The van der Waals surface area contributed by atoms with Gasteiger partial charge in [-0.3, -0.25) is 0 Å². The minimum Gasteiger partial charge on any atom is -0.0525 e. The molecule has 0 aromatic carbocycles. The third kappa shape index (κ3) is 0.761. The Hall–Kier alpha value is 0. The Labute approximate surface area is 69.4 Å². The molecule has 3 rings (SSSR count). The quantitative estimate of drug-likeness (QED) is 0.496. The van der Waals surface area contributed by atoms with Crippen LogP contribution in [-0.4, -0.2) is 0 Å². The van der Waals surface area contributed by atoms with Gasteiger partial charge in [-0.05, 0) is 55.8 Å². The van der Waals surface area contributed by atoms with E-state index in [1.54, 1.807) is 19.3 Å². The van der Waals surface area contributed by atoms with Crippen LogP contribution in [0, 0.1) is 23.7 Å². The Morgan fingerprint density at radius 1 is 1.27 bits per heavy atom. The maximum absolute atomic E-state index is 2.68. The first-order valence-electron chi connectivity index (χ1n) is 5.23. The van der Waals surface area contributed by atoms with E-state index in [1.807, 2.05) is 0 Å². The molecule has 3 fully saturated rings. The highest BCUT2D eigenvalue weighted by Gasteiger charge is 2.51. The number of rotatable bonds is 0. The van der Waals surface area contributed by atoms with Crippen molar-refractivity contribution in [1.29, 1.82) is 0 Å².